The quantitative estimate of drug-likeness (QED) is 0.868. The van der Waals surface area contributed by atoms with Gasteiger partial charge in [0.2, 0.25) is 0 Å². The van der Waals surface area contributed by atoms with Gasteiger partial charge in [-0.05, 0) is 24.1 Å². The minimum Gasteiger partial charge on any atom is -0.268 e. The highest BCUT2D eigenvalue weighted by Gasteiger charge is 2.03. The summed E-state index contributed by atoms with van der Waals surface area (Å²) in [5, 5.41) is 7.08. The van der Waals surface area contributed by atoms with Gasteiger partial charge in [-0.3, -0.25) is 4.79 Å². The molecule has 0 saturated carbocycles. The second-order valence-corrected chi connectivity index (χ2v) is 3.87. The Morgan fingerprint density at radius 3 is 2.69 bits per heavy atom. The number of H-pyrrole nitrogens is 1. The van der Waals surface area contributed by atoms with Gasteiger partial charge in [-0.1, -0.05) is 30.7 Å². The zero-order chi connectivity index (χ0) is 11.5. The van der Waals surface area contributed by atoms with Crippen LogP contribution in [0.3, 0.4) is 0 Å². The molecule has 3 nitrogen and oxygen atoms in total. The van der Waals surface area contributed by atoms with E-state index in [4.69, 9.17) is 11.6 Å². The highest BCUT2D eigenvalue weighted by molar-refractivity contribution is 6.31. The number of aryl methyl sites for hydroxylation is 1. The van der Waals surface area contributed by atoms with Gasteiger partial charge in [0.05, 0.1) is 5.69 Å². The van der Waals surface area contributed by atoms with Crippen LogP contribution < -0.4 is 5.56 Å². The van der Waals surface area contributed by atoms with Crippen LogP contribution in [0.1, 0.15) is 12.5 Å². The van der Waals surface area contributed by atoms with E-state index in [1.165, 1.54) is 6.07 Å². The fourth-order valence-electron chi connectivity index (χ4n) is 1.50. The third kappa shape index (κ3) is 2.14. The Kier molecular flexibility index (Phi) is 3.06. The van der Waals surface area contributed by atoms with Gasteiger partial charge in [-0.15, -0.1) is 0 Å². The Bertz CT molecular complexity index is 543. The molecule has 0 spiro atoms. The standard InChI is InChI=1S/C12H11ClN2O/c1-2-8-3-4-9(7-10(8)13)11-5-6-12(16)15-14-11/h3-7H,2H2,1H3,(H,15,16). The molecule has 0 aliphatic heterocycles. The summed E-state index contributed by atoms with van der Waals surface area (Å²) in [5.41, 5.74) is 2.51. The normalized spacial score (nSPS) is 10.4. The van der Waals surface area contributed by atoms with E-state index in [0.29, 0.717) is 5.69 Å². The molecular weight excluding hydrogens is 224 g/mol. The summed E-state index contributed by atoms with van der Waals surface area (Å²) in [6.07, 6.45) is 0.901. The molecule has 2 aromatic rings. The van der Waals surface area contributed by atoms with Crippen molar-refractivity contribution in [2.75, 3.05) is 0 Å². The van der Waals surface area contributed by atoms with Crippen molar-refractivity contribution in [2.45, 2.75) is 13.3 Å². The molecule has 0 aliphatic rings. The van der Waals surface area contributed by atoms with E-state index < -0.39 is 0 Å². The predicted molar refractivity (Wildman–Crippen MR) is 64.7 cm³/mol. The highest BCUT2D eigenvalue weighted by Crippen LogP contribution is 2.23. The van der Waals surface area contributed by atoms with Crippen molar-refractivity contribution in [3.05, 3.63) is 51.3 Å². The van der Waals surface area contributed by atoms with Gasteiger partial charge in [0, 0.05) is 16.7 Å². The van der Waals surface area contributed by atoms with E-state index in [1.54, 1.807) is 6.07 Å². The lowest BCUT2D eigenvalue weighted by atomic mass is 10.1. The summed E-state index contributed by atoms with van der Waals surface area (Å²) in [6.45, 7) is 2.05. The molecule has 4 heteroatoms. The van der Waals surface area contributed by atoms with Crippen LogP contribution in [0.5, 0.6) is 0 Å². The Morgan fingerprint density at radius 2 is 2.12 bits per heavy atom. The lowest BCUT2D eigenvalue weighted by Crippen LogP contribution is -2.05. The molecule has 0 amide bonds. The van der Waals surface area contributed by atoms with Crippen LogP contribution in [0.25, 0.3) is 11.3 Å². The molecule has 0 aliphatic carbocycles. The second-order valence-electron chi connectivity index (χ2n) is 3.47. The van der Waals surface area contributed by atoms with Gasteiger partial charge >= 0.3 is 0 Å². The van der Waals surface area contributed by atoms with Crippen molar-refractivity contribution >= 4 is 11.6 Å². The Hall–Kier alpha value is -1.61. The first-order valence-electron chi connectivity index (χ1n) is 5.05. The van der Waals surface area contributed by atoms with Crippen molar-refractivity contribution in [2.24, 2.45) is 0 Å². The van der Waals surface area contributed by atoms with Gasteiger partial charge in [0.15, 0.2) is 0 Å². The largest absolute Gasteiger partial charge is 0.268 e. The van der Waals surface area contributed by atoms with Crippen LogP contribution in [-0.4, -0.2) is 10.2 Å². The first-order valence-corrected chi connectivity index (χ1v) is 5.43. The average Bonchev–Trinajstić information content (AvgIpc) is 2.30. The molecule has 1 aromatic heterocycles. The molecule has 0 unspecified atom stereocenters. The third-order valence-corrected chi connectivity index (χ3v) is 2.76. The maximum atomic E-state index is 10.9. The fraction of sp³-hybridized carbons (Fsp3) is 0.167. The monoisotopic (exact) mass is 234 g/mol. The van der Waals surface area contributed by atoms with E-state index in [1.807, 2.05) is 18.2 Å². The molecule has 1 N–H and O–H groups in total. The number of rotatable bonds is 2. The summed E-state index contributed by atoms with van der Waals surface area (Å²) in [7, 11) is 0. The maximum Gasteiger partial charge on any atom is 0.264 e. The molecule has 16 heavy (non-hydrogen) atoms. The predicted octanol–water partition coefficient (Wildman–Crippen LogP) is 2.65. The van der Waals surface area contributed by atoms with Gasteiger partial charge in [-0.25, -0.2) is 5.10 Å². The number of aromatic amines is 1. The molecule has 0 fully saturated rings. The zero-order valence-corrected chi connectivity index (χ0v) is 9.58. The number of nitrogens with zero attached hydrogens (tertiary/aromatic N) is 1. The highest BCUT2D eigenvalue weighted by atomic mass is 35.5. The minimum atomic E-state index is -0.208. The first-order chi connectivity index (χ1) is 7.70. The van der Waals surface area contributed by atoms with Gasteiger partial charge in [0.25, 0.3) is 5.56 Å². The molecule has 0 atom stereocenters. The SMILES string of the molecule is CCc1ccc(-c2ccc(=O)[nH]n2)cc1Cl. The maximum absolute atomic E-state index is 10.9. The third-order valence-electron chi connectivity index (χ3n) is 2.41. The number of hydrogen-bond donors (Lipinski definition) is 1. The van der Waals surface area contributed by atoms with Crippen LogP contribution in [0, 0.1) is 0 Å². The summed E-state index contributed by atoms with van der Waals surface area (Å²) >= 11 is 6.11. The summed E-state index contributed by atoms with van der Waals surface area (Å²) < 4.78 is 0. The Balaban J connectivity index is 2.45. The van der Waals surface area contributed by atoms with Crippen LogP contribution in [0.15, 0.2) is 35.1 Å². The first kappa shape index (κ1) is 10.9. The molecule has 0 radical (unpaired) electrons. The summed E-state index contributed by atoms with van der Waals surface area (Å²) in [6, 6.07) is 8.91. The lowest BCUT2D eigenvalue weighted by molar-refractivity contribution is 0.995. The molecule has 1 heterocycles. The van der Waals surface area contributed by atoms with Gasteiger partial charge in [0.1, 0.15) is 0 Å². The number of nitrogens with one attached hydrogen (secondary N) is 1. The number of benzene rings is 1. The number of hydrogen-bond acceptors (Lipinski definition) is 2. The average molecular weight is 235 g/mol. The van der Waals surface area contributed by atoms with Gasteiger partial charge < -0.3 is 0 Å². The second kappa shape index (κ2) is 4.49. The van der Waals surface area contributed by atoms with E-state index in [2.05, 4.69) is 17.1 Å². The zero-order valence-electron chi connectivity index (χ0n) is 8.83. The van der Waals surface area contributed by atoms with E-state index in [-0.39, 0.29) is 5.56 Å². The molecular formula is C12H11ClN2O. The van der Waals surface area contributed by atoms with E-state index in [9.17, 15) is 4.79 Å². The molecule has 2 rings (SSSR count). The van der Waals surface area contributed by atoms with Crippen molar-refractivity contribution in [1.82, 2.24) is 10.2 Å². The summed E-state index contributed by atoms with van der Waals surface area (Å²) in [4.78, 5) is 10.9. The Morgan fingerprint density at radius 1 is 1.31 bits per heavy atom. The van der Waals surface area contributed by atoms with Crippen molar-refractivity contribution in [1.29, 1.82) is 0 Å². The van der Waals surface area contributed by atoms with Crippen LogP contribution >= 0.6 is 11.6 Å². The van der Waals surface area contributed by atoms with Gasteiger partial charge in [-0.2, -0.15) is 5.10 Å². The smallest absolute Gasteiger partial charge is 0.264 e. The summed E-state index contributed by atoms with van der Waals surface area (Å²) in [5.74, 6) is 0. The lowest BCUT2D eigenvalue weighted by Gasteiger charge is -2.04. The van der Waals surface area contributed by atoms with Crippen LogP contribution in [0.4, 0.5) is 0 Å². The van der Waals surface area contributed by atoms with E-state index >= 15 is 0 Å². The van der Waals surface area contributed by atoms with Crippen LogP contribution in [-0.2, 0) is 6.42 Å². The van der Waals surface area contributed by atoms with Crippen molar-refractivity contribution in [3.63, 3.8) is 0 Å². The molecule has 82 valence electrons. The van der Waals surface area contributed by atoms with Crippen LogP contribution in [0.2, 0.25) is 5.02 Å². The molecule has 1 aromatic carbocycles. The van der Waals surface area contributed by atoms with E-state index in [0.717, 1.165) is 22.6 Å². The number of aromatic nitrogens is 2. The van der Waals surface area contributed by atoms with Crippen molar-refractivity contribution in [3.8, 4) is 11.3 Å². The molecule has 0 bridgehead atoms. The fourth-order valence-corrected chi connectivity index (χ4v) is 1.81. The topological polar surface area (TPSA) is 45.8 Å². The molecule has 0 saturated heterocycles. The van der Waals surface area contributed by atoms with Crippen molar-refractivity contribution < 1.29 is 0 Å². The Labute approximate surface area is 98.1 Å². The minimum absolute atomic E-state index is 0.208. The number of halogens is 1.